The van der Waals surface area contributed by atoms with Crippen LogP contribution < -0.4 is 5.73 Å². The molecule has 0 fully saturated rings. The maximum absolute atomic E-state index is 12.4. The summed E-state index contributed by atoms with van der Waals surface area (Å²) in [6.45, 7) is 1.17. The molecule has 1 aromatic rings. The van der Waals surface area contributed by atoms with Crippen molar-refractivity contribution in [3.63, 3.8) is 0 Å². The van der Waals surface area contributed by atoms with E-state index in [-0.39, 0.29) is 11.1 Å². The summed E-state index contributed by atoms with van der Waals surface area (Å²) in [5.74, 6) is -0.950. The molecule has 1 rings (SSSR count). The molecule has 1 aromatic heterocycles. The lowest BCUT2D eigenvalue weighted by molar-refractivity contribution is -0.387. The molecule has 0 aliphatic carbocycles. The monoisotopic (exact) mass is 231 g/mol. The number of nitrogens with zero attached hydrogens (tertiary/aromatic N) is 2. The van der Waals surface area contributed by atoms with Gasteiger partial charge in [0.1, 0.15) is 0 Å². The molecule has 0 saturated heterocycles. The Labute approximate surface area is 88.2 Å². The molecule has 0 saturated carbocycles. The van der Waals surface area contributed by atoms with E-state index < -0.39 is 28.6 Å². The minimum Gasteiger partial charge on any atom is -0.366 e. The number of nitro groups is 1. The molecule has 6 nitrogen and oxygen atoms in total. The van der Waals surface area contributed by atoms with Crippen LogP contribution in [0.25, 0.3) is 0 Å². The Morgan fingerprint density at radius 2 is 2.19 bits per heavy atom. The van der Waals surface area contributed by atoms with Crippen LogP contribution in [-0.2, 0) is 0 Å². The number of rotatable bonds is 3. The van der Waals surface area contributed by atoms with Crippen molar-refractivity contribution in [3.05, 3.63) is 33.1 Å². The summed E-state index contributed by atoms with van der Waals surface area (Å²) in [5, 5.41) is 10.6. The van der Waals surface area contributed by atoms with Gasteiger partial charge < -0.3 is 5.73 Å². The van der Waals surface area contributed by atoms with Crippen LogP contribution in [0, 0.1) is 17.0 Å². The van der Waals surface area contributed by atoms with E-state index in [1.807, 2.05) is 0 Å². The highest BCUT2D eigenvalue weighted by Gasteiger charge is 2.28. The first-order valence-corrected chi connectivity index (χ1v) is 4.08. The zero-order chi connectivity index (χ0) is 12.5. The summed E-state index contributed by atoms with van der Waals surface area (Å²) in [7, 11) is 0. The number of halogens is 2. The van der Waals surface area contributed by atoms with Crippen LogP contribution in [0.5, 0.6) is 0 Å². The molecule has 0 aliphatic rings. The van der Waals surface area contributed by atoms with Crippen molar-refractivity contribution in [1.82, 2.24) is 4.98 Å². The number of hydrogen-bond acceptors (Lipinski definition) is 4. The minimum atomic E-state index is -3.08. The molecule has 0 radical (unpaired) electrons. The molecule has 0 unspecified atom stereocenters. The fourth-order valence-electron chi connectivity index (χ4n) is 1.25. The molecule has 1 heterocycles. The van der Waals surface area contributed by atoms with E-state index in [0.29, 0.717) is 0 Å². The first-order chi connectivity index (χ1) is 7.36. The van der Waals surface area contributed by atoms with Gasteiger partial charge in [-0.1, -0.05) is 0 Å². The second kappa shape index (κ2) is 4.17. The Morgan fingerprint density at radius 1 is 1.62 bits per heavy atom. The second-order valence-corrected chi connectivity index (χ2v) is 2.95. The molecule has 0 aromatic carbocycles. The standard InChI is InChI=1S/C8H7F2N3O3/c1-3-4(8(11)14)2-12-5(7(9)10)6(3)13(15)16/h2,7H,1H3,(H2,11,14). The van der Waals surface area contributed by atoms with Crippen LogP contribution in [0.15, 0.2) is 6.20 Å². The summed E-state index contributed by atoms with van der Waals surface area (Å²) >= 11 is 0. The van der Waals surface area contributed by atoms with Gasteiger partial charge >= 0.3 is 0 Å². The lowest BCUT2D eigenvalue weighted by atomic mass is 10.1. The lowest BCUT2D eigenvalue weighted by Crippen LogP contribution is -2.15. The van der Waals surface area contributed by atoms with Crippen LogP contribution >= 0.6 is 0 Å². The Kier molecular flexibility index (Phi) is 3.11. The fraction of sp³-hybridized carbons (Fsp3) is 0.250. The molecule has 16 heavy (non-hydrogen) atoms. The Balaban J connectivity index is 3.54. The summed E-state index contributed by atoms with van der Waals surface area (Å²) < 4.78 is 24.8. The molecule has 1 amide bonds. The van der Waals surface area contributed by atoms with E-state index in [1.54, 1.807) is 0 Å². The Hall–Kier alpha value is -2.12. The SMILES string of the molecule is Cc1c(C(N)=O)cnc(C(F)F)c1[N+](=O)[O-]. The molecular formula is C8H7F2N3O3. The van der Waals surface area contributed by atoms with Gasteiger partial charge in [0.05, 0.1) is 10.5 Å². The number of aromatic nitrogens is 1. The third kappa shape index (κ3) is 1.95. The predicted octanol–water partition coefficient (Wildman–Crippen LogP) is 1.33. The van der Waals surface area contributed by atoms with Gasteiger partial charge in [-0.05, 0) is 6.92 Å². The van der Waals surface area contributed by atoms with Gasteiger partial charge in [0.25, 0.3) is 18.0 Å². The number of hydrogen-bond donors (Lipinski definition) is 1. The van der Waals surface area contributed by atoms with Crippen molar-refractivity contribution in [1.29, 1.82) is 0 Å². The lowest BCUT2D eigenvalue weighted by Gasteiger charge is -2.06. The molecular weight excluding hydrogens is 224 g/mol. The molecule has 86 valence electrons. The van der Waals surface area contributed by atoms with Crippen LogP contribution in [-0.4, -0.2) is 15.8 Å². The first-order valence-electron chi connectivity index (χ1n) is 4.08. The first kappa shape index (κ1) is 12.0. The highest BCUT2D eigenvalue weighted by Crippen LogP contribution is 2.31. The van der Waals surface area contributed by atoms with E-state index in [0.717, 1.165) is 6.20 Å². The van der Waals surface area contributed by atoms with Crippen molar-refractivity contribution in [2.24, 2.45) is 5.73 Å². The van der Waals surface area contributed by atoms with Gasteiger partial charge in [-0.25, -0.2) is 13.8 Å². The van der Waals surface area contributed by atoms with Crippen LogP contribution in [0.4, 0.5) is 14.5 Å². The number of carbonyl (C=O) groups excluding carboxylic acids is 1. The number of alkyl halides is 2. The van der Waals surface area contributed by atoms with Gasteiger partial charge in [-0.2, -0.15) is 0 Å². The molecule has 8 heteroatoms. The van der Waals surface area contributed by atoms with Crippen molar-refractivity contribution < 1.29 is 18.5 Å². The number of nitrogens with two attached hydrogens (primary N) is 1. The smallest absolute Gasteiger partial charge is 0.300 e. The molecule has 2 N–H and O–H groups in total. The maximum atomic E-state index is 12.4. The van der Waals surface area contributed by atoms with Gasteiger partial charge in [-0.15, -0.1) is 0 Å². The summed E-state index contributed by atoms with van der Waals surface area (Å²) in [6.07, 6.45) is -2.27. The minimum absolute atomic E-state index is 0.206. The highest BCUT2D eigenvalue weighted by molar-refractivity contribution is 5.95. The van der Waals surface area contributed by atoms with Crippen LogP contribution in [0.1, 0.15) is 28.0 Å². The van der Waals surface area contributed by atoms with Gasteiger partial charge in [0, 0.05) is 11.8 Å². The summed E-state index contributed by atoms with van der Waals surface area (Å²) in [4.78, 5) is 23.6. The largest absolute Gasteiger partial charge is 0.366 e. The third-order valence-corrected chi connectivity index (χ3v) is 1.99. The number of pyridine rings is 1. The van der Waals surface area contributed by atoms with Gasteiger partial charge in [0.15, 0.2) is 5.69 Å². The summed E-state index contributed by atoms with van der Waals surface area (Å²) in [5.41, 5.74) is 2.64. The summed E-state index contributed by atoms with van der Waals surface area (Å²) in [6, 6.07) is 0. The molecule has 0 spiro atoms. The van der Waals surface area contributed by atoms with Crippen molar-refractivity contribution in [3.8, 4) is 0 Å². The average Bonchev–Trinajstić information content (AvgIpc) is 2.15. The highest BCUT2D eigenvalue weighted by atomic mass is 19.3. The zero-order valence-corrected chi connectivity index (χ0v) is 8.11. The van der Waals surface area contributed by atoms with Crippen LogP contribution in [0.3, 0.4) is 0 Å². The normalized spacial score (nSPS) is 10.5. The Morgan fingerprint density at radius 3 is 2.56 bits per heavy atom. The fourth-order valence-corrected chi connectivity index (χ4v) is 1.25. The number of amides is 1. The van der Waals surface area contributed by atoms with Crippen molar-refractivity contribution in [2.75, 3.05) is 0 Å². The zero-order valence-electron chi connectivity index (χ0n) is 8.11. The quantitative estimate of drug-likeness (QED) is 0.626. The molecule has 0 bridgehead atoms. The molecule has 0 atom stereocenters. The average molecular weight is 231 g/mol. The van der Waals surface area contributed by atoms with Crippen LogP contribution in [0.2, 0.25) is 0 Å². The van der Waals surface area contributed by atoms with E-state index in [1.165, 1.54) is 6.92 Å². The second-order valence-electron chi connectivity index (χ2n) is 2.95. The van der Waals surface area contributed by atoms with E-state index >= 15 is 0 Å². The molecule has 0 aliphatic heterocycles. The van der Waals surface area contributed by atoms with E-state index in [2.05, 4.69) is 4.98 Å². The predicted molar refractivity (Wildman–Crippen MR) is 49.1 cm³/mol. The van der Waals surface area contributed by atoms with Crippen molar-refractivity contribution >= 4 is 11.6 Å². The maximum Gasteiger partial charge on any atom is 0.300 e. The van der Waals surface area contributed by atoms with Gasteiger partial charge in [-0.3, -0.25) is 14.9 Å². The van der Waals surface area contributed by atoms with Crippen molar-refractivity contribution in [2.45, 2.75) is 13.3 Å². The van der Waals surface area contributed by atoms with E-state index in [9.17, 15) is 23.7 Å². The van der Waals surface area contributed by atoms with Gasteiger partial charge in [0.2, 0.25) is 0 Å². The number of primary amides is 1. The van der Waals surface area contributed by atoms with E-state index in [4.69, 9.17) is 5.73 Å². The third-order valence-electron chi connectivity index (χ3n) is 1.99. The number of carbonyl (C=O) groups is 1. The Bertz CT molecular complexity index is 462. The topological polar surface area (TPSA) is 99.1 Å².